The molecule has 0 aliphatic heterocycles. The molecular formula is C22H27ClF3N5. The summed E-state index contributed by atoms with van der Waals surface area (Å²) in [5, 5.41) is 3.73. The van der Waals surface area contributed by atoms with Crippen molar-refractivity contribution in [3.05, 3.63) is 71.0 Å². The van der Waals surface area contributed by atoms with Crippen molar-refractivity contribution in [1.82, 2.24) is 24.7 Å². The molecule has 1 aliphatic rings. The molecule has 0 N–H and O–H groups in total. The van der Waals surface area contributed by atoms with E-state index in [2.05, 4.69) is 20.1 Å². The van der Waals surface area contributed by atoms with Gasteiger partial charge >= 0.3 is 0 Å². The van der Waals surface area contributed by atoms with Gasteiger partial charge in [0, 0.05) is 17.4 Å². The molecule has 9 heteroatoms. The zero-order valence-corrected chi connectivity index (χ0v) is 18.9. The number of hydrogen-bond donors (Lipinski definition) is 0. The summed E-state index contributed by atoms with van der Waals surface area (Å²) in [6.45, 7) is 7.59. The van der Waals surface area contributed by atoms with E-state index >= 15 is 0 Å². The van der Waals surface area contributed by atoms with Crippen molar-refractivity contribution in [3.63, 3.8) is 0 Å². The molecule has 2 atom stereocenters. The van der Waals surface area contributed by atoms with Gasteiger partial charge in [-0.3, -0.25) is 4.68 Å². The fourth-order valence-corrected chi connectivity index (χ4v) is 3.16. The summed E-state index contributed by atoms with van der Waals surface area (Å²) in [5.74, 6) is -2.83. The van der Waals surface area contributed by atoms with Crippen molar-refractivity contribution in [1.29, 1.82) is 0 Å². The fraction of sp³-hybridized carbons (Fsp3) is 0.455. The molecule has 0 bridgehead atoms. The van der Waals surface area contributed by atoms with Crippen molar-refractivity contribution in [2.45, 2.75) is 64.8 Å². The largest absolute Gasteiger partial charge is 0.252 e. The van der Waals surface area contributed by atoms with Crippen LogP contribution >= 0.6 is 11.6 Å². The number of rotatable bonds is 5. The predicted molar refractivity (Wildman–Crippen MR) is 114 cm³/mol. The number of nitrogens with zero attached hydrogens (tertiary/aromatic N) is 5. The molecule has 1 aromatic carbocycles. The van der Waals surface area contributed by atoms with E-state index < -0.39 is 28.8 Å². The van der Waals surface area contributed by atoms with Crippen LogP contribution in [0.2, 0.25) is 5.15 Å². The molecule has 1 aliphatic carbocycles. The predicted octanol–water partition coefficient (Wildman–Crippen LogP) is 6.10. The number of hydrogen-bond acceptors (Lipinski definition) is 4. The van der Waals surface area contributed by atoms with Crippen molar-refractivity contribution < 1.29 is 13.2 Å². The topological polar surface area (TPSA) is 56.5 Å². The third-order valence-electron chi connectivity index (χ3n) is 5.00. The molecule has 0 amide bonds. The molecular weight excluding hydrogens is 427 g/mol. The Kier molecular flexibility index (Phi) is 8.98. The van der Waals surface area contributed by atoms with Gasteiger partial charge < -0.3 is 0 Å². The normalized spacial score (nSPS) is 15.0. The molecule has 0 spiro atoms. The highest BCUT2D eigenvalue weighted by Crippen LogP contribution is 2.42. The Hall–Kier alpha value is -2.48. The lowest BCUT2D eigenvalue weighted by molar-refractivity contribution is 0.300. The summed E-state index contributed by atoms with van der Waals surface area (Å²) < 4.78 is 44.0. The van der Waals surface area contributed by atoms with Crippen molar-refractivity contribution in [2.24, 2.45) is 0 Å². The molecule has 1 fully saturated rings. The Labute approximate surface area is 185 Å². The summed E-state index contributed by atoms with van der Waals surface area (Å²) in [5.41, 5.74) is -0.781. The van der Waals surface area contributed by atoms with Gasteiger partial charge in [0.25, 0.3) is 0 Å². The van der Waals surface area contributed by atoms with Crippen LogP contribution in [-0.2, 0) is 12.0 Å². The maximum absolute atomic E-state index is 14.6. The van der Waals surface area contributed by atoms with E-state index in [0.29, 0.717) is 0 Å². The SMILES string of the molecule is C1CC1.CC.CC(c1ncnc(Cl)c1F)C(C)(Cn1cncn1)c1ccc(F)cc1F. The van der Waals surface area contributed by atoms with Gasteiger partial charge in [0.2, 0.25) is 0 Å². The van der Waals surface area contributed by atoms with Crippen molar-refractivity contribution in [2.75, 3.05) is 0 Å². The molecule has 2 heterocycles. The zero-order valence-electron chi connectivity index (χ0n) is 18.1. The smallest absolute Gasteiger partial charge is 0.182 e. The molecule has 168 valence electrons. The van der Waals surface area contributed by atoms with Crippen LogP contribution in [0.15, 0.2) is 37.2 Å². The van der Waals surface area contributed by atoms with E-state index in [1.807, 2.05) is 13.8 Å². The number of benzene rings is 1. The lowest BCUT2D eigenvalue weighted by Crippen LogP contribution is -2.36. The third-order valence-corrected chi connectivity index (χ3v) is 5.26. The first-order valence-electron chi connectivity index (χ1n) is 10.3. The Balaban J connectivity index is 0.000000612. The van der Waals surface area contributed by atoms with Crippen LogP contribution in [-0.4, -0.2) is 24.7 Å². The zero-order chi connectivity index (χ0) is 23.0. The van der Waals surface area contributed by atoms with Gasteiger partial charge in [-0.25, -0.2) is 28.1 Å². The van der Waals surface area contributed by atoms with Gasteiger partial charge in [-0.1, -0.05) is 64.6 Å². The maximum Gasteiger partial charge on any atom is 0.182 e. The molecule has 2 aromatic heterocycles. The standard InChI is InChI=1S/C17H15ClF3N5.C3H6.C2H6/c1-10(15-14(21)16(18)24-8-23-15)17(2,6-26-9-22-7-25-26)12-4-3-11(19)5-13(12)20;1-2-3-1;1-2/h3-5,7-10H,6H2,1-2H3;1-3H2;1-2H3. The van der Waals surface area contributed by atoms with E-state index in [1.54, 1.807) is 13.8 Å². The van der Waals surface area contributed by atoms with E-state index in [1.165, 1.54) is 42.7 Å². The van der Waals surface area contributed by atoms with Gasteiger partial charge in [-0.2, -0.15) is 5.10 Å². The Bertz CT molecular complexity index is 963. The van der Waals surface area contributed by atoms with Gasteiger partial charge in [-0.15, -0.1) is 0 Å². The van der Waals surface area contributed by atoms with Crippen LogP contribution < -0.4 is 0 Å². The second-order valence-electron chi connectivity index (χ2n) is 7.28. The van der Waals surface area contributed by atoms with Crippen LogP contribution in [0.25, 0.3) is 0 Å². The maximum atomic E-state index is 14.6. The molecule has 1 saturated carbocycles. The lowest BCUT2D eigenvalue weighted by atomic mass is 9.70. The van der Waals surface area contributed by atoms with Crippen LogP contribution in [0.5, 0.6) is 0 Å². The first kappa shape index (κ1) is 24.8. The third kappa shape index (κ3) is 6.26. The summed E-state index contributed by atoms with van der Waals surface area (Å²) in [4.78, 5) is 11.5. The molecule has 2 unspecified atom stereocenters. The monoisotopic (exact) mass is 453 g/mol. The van der Waals surface area contributed by atoms with E-state index in [-0.39, 0.29) is 23.0 Å². The van der Waals surface area contributed by atoms with Crippen LogP contribution in [0.1, 0.15) is 64.1 Å². The summed E-state index contributed by atoms with van der Waals surface area (Å²) in [6, 6.07) is 3.30. The second kappa shape index (κ2) is 11.2. The molecule has 0 saturated heterocycles. The first-order chi connectivity index (χ1) is 14.8. The van der Waals surface area contributed by atoms with E-state index in [4.69, 9.17) is 11.6 Å². The summed E-state index contributed by atoms with van der Waals surface area (Å²) in [6.07, 6.45) is 8.46. The van der Waals surface area contributed by atoms with Crippen LogP contribution in [0.4, 0.5) is 13.2 Å². The van der Waals surface area contributed by atoms with E-state index in [0.717, 1.165) is 18.5 Å². The van der Waals surface area contributed by atoms with Gasteiger partial charge in [0.15, 0.2) is 11.0 Å². The average molecular weight is 454 g/mol. The van der Waals surface area contributed by atoms with Crippen LogP contribution in [0, 0.1) is 17.5 Å². The fourth-order valence-electron chi connectivity index (χ4n) is 3.02. The van der Waals surface area contributed by atoms with E-state index in [9.17, 15) is 13.2 Å². The molecule has 0 radical (unpaired) electrons. The molecule has 4 rings (SSSR count). The summed E-state index contributed by atoms with van der Waals surface area (Å²) >= 11 is 5.77. The van der Waals surface area contributed by atoms with Gasteiger partial charge in [-0.05, 0) is 11.6 Å². The first-order valence-corrected chi connectivity index (χ1v) is 10.6. The minimum atomic E-state index is -1.02. The highest BCUT2D eigenvalue weighted by molar-refractivity contribution is 6.29. The minimum Gasteiger partial charge on any atom is -0.252 e. The van der Waals surface area contributed by atoms with Gasteiger partial charge in [0.05, 0.1) is 12.2 Å². The Morgan fingerprint density at radius 1 is 1.10 bits per heavy atom. The Morgan fingerprint density at radius 3 is 2.32 bits per heavy atom. The quantitative estimate of drug-likeness (QED) is 0.438. The second-order valence-corrected chi connectivity index (χ2v) is 7.64. The number of halogens is 4. The van der Waals surface area contributed by atoms with Crippen molar-refractivity contribution >= 4 is 11.6 Å². The van der Waals surface area contributed by atoms with Crippen LogP contribution in [0.3, 0.4) is 0 Å². The Morgan fingerprint density at radius 2 is 1.77 bits per heavy atom. The minimum absolute atomic E-state index is 0.0383. The lowest BCUT2D eigenvalue weighted by Gasteiger charge is -2.36. The summed E-state index contributed by atoms with van der Waals surface area (Å²) in [7, 11) is 0. The average Bonchev–Trinajstić information content (AvgIpc) is 3.56. The highest BCUT2D eigenvalue weighted by Gasteiger charge is 2.39. The highest BCUT2D eigenvalue weighted by atomic mass is 35.5. The molecule has 5 nitrogen and oxygen atoms in total. The van der Waals surface area contributed by atoms with Gasteiger partial charge in [0.1, 0.15) is 30.6 Å². The van der Waals surface area contributed by atoms with Crippen molar-refractivity contribution in [3.8, 4) is 0 Å². The number of aromatic nitrogens is 5. The molecule has 31 heavy (non-hydrogen) atoms. The molecule has 3 aromatic rings.